The lowest BCUT2D eigenvalue weighted by Gasteiger charge is -2.59. The Hall–Kier alpha value is -0.260. The molecule has 6 unspecified atom stereocenters. The molecule has 0 nitrogen and oxygen atoms in total. The molecule has 0 heterocycles. The van der Waals surface area contributed by atoms with Gasteiger partial charge in [0.15, 0.2) is 0 Å². The molecule has 2 bridgehead atoms. The van der Waals surface area contributed by atoms with Crippen LogP contribution in [-0.4, -0.2) is 0 Å². The predicted octanol–water partition coefficient (Wildman–Crippen LogP) is 5.30. The second-order valence-electron chi connectivity index (χ2n) is 7.70. The molecule has 3 aliphatic rings. The average Bonchev–Trinajstić information content (AvgIpc) is 2.79. The number of hydrogen-bond acceptors (Lipinski definition) is 0. The summed E-state index contributed by atoms with van der Waals surface area (Å²) in [5.41, 5.74) is 2.51. The number of allylic oxidation sites excluding steroid dienone is 2. The fraction of sp³-hybridized carbons (Fsp3) is 0.889. The smallest absolute Gasteiger partial charge is 0.0167 e. The molecule has 0 radical (unpaired) electrons. The summed E-state index contributed by atoms with van der Waals surface area (Å²) in [5, 5.41) is 0. The number of rotatable bonds is 3. The largest absolute Gasteiger partial charge is 0.0879 e. The van der Waals surface area contributed by atoms with Gasteiger partial charge in [0, 0.05) is 0 Å². The van der Waals surface area contributed by atoms with Gasteiger partial charge in [-0.2, -0.15) is 0 Å². The van der Waals surface area contributed by atoms with E-state index in [4.69, 9.17) is 0 Å². The van der Waals surface area contributed by atoms with Gasteiger partial charge in [0.05, 0.1) is 0 Å². The number of hydrogen-bond donors (Lipinski definition) is 0. The maximum absolute atomic E-state index is 2.63. The first-order valence-electron chi connectivity index (χ1n) is 8.20. The van der Waals surface area contributed by atoms with Crippen LogP contribution in [0.15, 0.2) is 11.6 Å². The molecule has 6 atom stereocenters. The van der Waals surface area contributed by atoms with E-state index >= 15 is 0 Å². The van der Waals surface area contributed by atoms with Crippen LogP contribution in [0.2, 0.25) is 0 Å². The molecule has 3 rings (SSSR count). The molecule has 0 aromatic carbocycles. The first kappa shape index (κ1) is 12.8. The third-order valence-electron chi connectivity index (χ3n) is 7.15. The Balaban J connectivity index is 1.81. The molecule has 0 aliphatic heterocycles. The molecule has 3 aliphatic carbocycles. The van der Waals surface area contributed by atoms with Crippen LogP contribution in [0.1, 0.15) is 60.3 Å². The van der Waals surface area contributed by atoms with E-state index < -0.39 is 0 Å². The van der Waals surface area contributed by atoms with Crippen LogP contribution < -0.4 is 0 Å². The van der Waals surface area contributed by atoms with Crippen LogP contribution in [0.5, 0.6) is 0 Å². The topological polar surface area (TPSA) is 0 Å². The third-order valence-corrected chi connectivity index (χ3v) is 7.15. The van der Waals surface area contributed by atoms with Crippen LogP contribution in [-0.2, 0) is 0 Å². The lowest BCUT2D eigenvalue weighted by molar-refractivity contribution is -0.0947. The summed E-state index contributed by atoms with van der Waals surface area (Å²) in [6.45, 7) is 12.1. The molecule has 3 fully saturated rings. The van der Waals surface area contributed by atoms with Gasteiger partial charge >= 0.3 is 0 Å². The zero-order valence-electron chi connectivity index (χ0n) is 12.9. The van der Waals surface area contributed by atoms with Crippen LogP contribution in [0, 0.1) is 40.9 Å². The molecular weight excluding hydrogens is 216 g/mol. The highest BCUT2D eigenvalue weighted by molar-refractivity contribution is 5.22. The summed E-state index contributed by atoms with van der Waals surface area (Å²) < 4.78 is 0. The van der Waals surface area contributed by atoms with Crippen LogP contribution >= 0.6 is 0 Å². The van der Waals surface area contributed by atoms with Crippen molar-refractivity contribution in [1.82, 2.24) is 0 Å². The third kappa shape index (κ3) is 1.38. The van der Waals surface area contributed by atoms with Crippen molar-refractivity contribution in [1.29, 1.82) is 0 Å². The van der Waals surface area contributed by atoms with Crippen LogP contribution in [0.25, 0.3) is 0 Å². The van der Waals surface area contributed by atoms with E-state index in [1.807, 2.05) is 0 Å². The zero-order chi connectivity index (χ0) is 13.1. The van der Waals surface area contributed by atoms with E-state index in [1.54, 1.807) is 18.4 Å². The first-order chi connectivity index (χ1) is 8.53. The molecule has 0 aromatic heterocycles. The molecule has 18 heavy (non-hydrogen) atoms. The van der Waals surface area contributed by atoms with Gasteiger partial charge < -0.3 is 0 Å². The lowest BCUT2D eigenvalue weighted by atomic mass is 9.46. The second kappa shape index (κ2) is 4.12. The Labute approximate surface area is 113 Å². The standard InChI is InChI=1S/C18H30/c1-6-12-10-17-16-9-13(18(12,17)5)8-15(16)14(7-2)11(3)4/h7,11-13,15-17H,6,8-10H2,1-5H3. The summed E-state index contributed by atoms with van der Waals surface area (Å²) in [6, 6.07) is 0. The highest BCUT2D eigenvalue weighted by atomic mass is 14.7. The van der Waals surface area contributed by atoms with Crippen molar-refractivity contribution in [2.45, 2.75) is 60.3 Å². The monoisotopic (exact) mass is 246 g/mol. The summed E-state index contributed by atoms with van der Waals surface area (Å²) >= 11 is 0. The molecule has 0 spiro atoms. The fourth-order valence-corrected chi connectivity index (χ4v) is 6.22. The van der Waals surface area contributed by atoms with Gasteiger partial charge in [-0.05, 0) is 67.1 Å². The summed E-state index contributed by atoms with van der Waals surface area (Å²) in [4.78, 5) is 0. The summed E-state index contributed by atoms with van der Waals surface area (Å²) in [6.07, 6.45) is 8.45. The minimum Gasteiger partial charge on any atom is -0.0879 e. The van der Waals surface area contributed by atoms with E-state index in [0.29, 0.717) is 0 Å². The van der Waals surface area contributed by atoms with E-state index in [1.165, 1.54) is 12.8 Å². The van der Waals surface area contributed by atoms with Crippen molar-refractivity contribution in [3.63, 3.8) is 0 Å². The lowest BCUT2D eigenvalue weighted by Crippen LogP contribution is -2.52. The Morgan fingerprint density at radius 2 is 2.00 bits per heavy atom. The van der Waals surface area contributed by atoms with Crippen LogP contribution in [0.3, 0.4) is 0 Å². The first-order valence-corrected chi connectivity index (χ1v) is 8.20. The molecule has 0 amide bonds. The van der Waals surface area contributed by atoms with Crippen molar-refractivity contribution in [2.75, 3.05) is 0 Å². The normalized spacial score (nSPS) is 50.6. The maximum Gasteiger partial charge on any atom is -0.0167 e. The molecule has 0 heteroatoms. The molecule has 102 valence electrons. The molecule has 0 N–H and O–H groups in total. The quantitative estimate of drug-likeness (QED) is 0.593. The van der Waals surface area contributed by atoms with Gasteiger partial charge in [-0.25, -0.2) is 0 Å². The van der Waals surface area contributed by atoms with Crippen molar-refractivity contribution in [3.8, 4) is 0 Å². The van der Waals surface area contributed by atoms with Gasteiger partial charge in [-0.15, -0.1) is 0 Å². The van der Waals surface area contributed by atoms with Gasteiger partial charge in [0.1, 0.15) is 0 Å². The van der Waals surface area contributed by atoms with Crippen molar-refractivity contribution < 1.29 is 0 Å². The minimum absolute atomic E-state index is 0.742. The zero-order valence-corrected chi connectivity index (χ0v) is 12.9. The highest BCUT2D eigenvalue weighted by Crippen LogP contribution is 2.74. The van der Waals surface area contributed by atoms with Crippen molar-refractivity contribution >= 4 is 0 Å². The SMILES string of the molecule is CC=C(C(C)C)C1CC2CC1C1CC(CC)C21C. The summed E-state index contributed by atoms with van der Waals surface area (Å²) in [5.74, 6) is 5.90. The van der Waals surface area contributed by atoms with Gasteiger partial charge in [0.25, 0.3) is 0 Å². The van der Waals surface area contributed by atoms with E-state index in [9.17, 15) is 0 Å². The Kier molecular flexibility index (Phi) is 2.92. The maximum atomic E-state index is 2.63. The molecule has 0 aromatic rings. The Morgan fingerprint density at radius 1 is 1.28 bits per heavy atom. The fourth-order valence-electron chi connectivity index (χ4n) is 6.22. The molecular formula is C18H30. The molecule has 3 saturated carbocycles. The second-order valence-corrected chi connectivity index (χ2v) is 7.70. The highest BCUT2D eigenvalue weighted by Gasteiger charge is 2.67. The average molecular weight is 246 g/mol. The molecule has 0 saturated heterocycles. The van der Waals surface area contributed by atoms with E-state index in [2.05, 4.69) is 40.7 Å². The van der Waals surface area contributed by atoms with Gasteiger partial charge in [-0.3, -0.25) is 0 Å². The van der Waals surface area contributed by atoms with Crippen molar-refractivity contribution in [2.24, 2.45) is 40.9 Å². The number of fused-ring (bicyclic) bond motifs is 5. The van der Waals surface area contributed by atoms with E-state index in [-0.39, 0.29) is 0 Å². The van der Waals surface area contributed by atoms with Gasteiger partial charge in [0.2, 0.25) is 0 Å². The van der Waals surface area contributed by atoms with Gasteiger partial charge in [-0.1, -0.05) is 45.8 Å². The Bertz CT molecular complexity index is 360. The Morgan fingerprint density at radius 3 is 2.50 bits per heavy atom. The van der Waals surface area contributed by atoms with E-state index in [0.717, 1.165) is 40.9 Å². The van der Waals surface area contributed by atoms with Crippen molar-refractivity contribution in [3.05, 3.63) is 11.6 Å². The van der Waals surface area contributed by atoms with Crippen LogP contribution in [0.4, 0.5) is 0 Å². The summed E-state index contributed by atoms with van der Waals surface area (Å²) in [7, 11) is 0. The predicted molar refractivity (Wildman–Crippen MR) is 78.3 cm³/mol. The minimum atomic E-state index is 0.742.